The number of hydrogen-bond donors (Lipinski definition) is 0. The van der Waals surface area contributed by atoms with Gasteiger partial charge >= 0.3 is 5.97 Å². The van der Waals surface area contributed by atoms with Crippen molar-refractivity contribution in [2.24, 2.45) is 0 Å². The molecular formula is C18H20O5. The molecule has 1 aromatic carbocycles. The summed E-state index contributed by atoms with van der Waals surface area (Å²) < 4.78 is 22.6. The van der Waals surface area contributed by atoms with Crippen molar-refractivity contribution in [1.29, 1.82) is 0 Å². The summed E-state index contributed by atoms with van der Waals surface area (Å²) in [6.07, 6.45) is 3.75. The van der Waals surface area contributed by atoms with Gasteiger partial charge in [0.05, 0.1) is 14.2 Å². The maximum Gasteiger partial charge on any atom is 0.342 e. The van der Waals surface area contributed by atoms with E-state index in [-0.39, 0.29) is 12.1 Å². The van der Waals surface area contributed by atoms with E-state index in [9.17, 15) is 4.79 Å². The molecule has 0 saturated carbocycles. The van der Waals surface area contributed by atoms with Gasteiger partial charge in [0, 0.05) is 11.1 Å². The van der Waals surface area contributed by atoms with Gasteiger partial charge in [0.25, 0.3) is 0 Å². The lowest BCUT2D eigenvalue weighted by molar-refractivity contribution is -0.154. The van der Waals surface area contributed by atoms with Gasteiger partial charge in [0.1, 0.15) is 17.6 Å². The zero-order chi connectivity index (χ0) is 16.2. The minimum atomic E-state index is -0.760. The van der Waals surface area contributed by atoms with E-state index in [2.05, 4.69) is 13.0 Å². The van der Waals surface area contributed by atoms with Crippen molar-refractivity contribution < 1.29 is 23.7 Å². The molecule has 2 fully saturated rings. The first-order chi connectivity index (χ1) is 11.1. The summed E-state index contributed by atoms with van der Waals surface area (Å²) in [5, 5.41) is 0. The summed E-state index contributed by atoms with van der Waals surface area (Å²) >= 11 is 0. The number of ether oxygens (including phenoxy) is 4. The normalized spacial score (nSPS) is 33.7. The van der Waals surface area contributed by atoms with E-state index in [0.29, 0.717) is 12.2 Å². The maximum atomic E-state index is 12.4. The summed E-state index contributed by atoms with van der Waals surface area (Å²) in [5.74, 6) is 1.23. The van der Waals surface area contributed by atoms with Crippen molar-refractivity contribution in [2.75, 3.05) is 14.2 Å². The molecule has 2 bridgehead atoms. The number of esters is 1. The summed E-state index contributed by atoms with van der Waals surface area (Å²) in [6.45, 7) is 2.10. The van der Waals surface area contributed by atoms with Crippen LogP contribution in [0, 0.1) is 0 Å². The lowest BCUT2D eigenvalue weighted by atomic mass is 9.88. The molecule has 4 rings (SSSR count). The number of methoxy groups -OCH3 is 2. The largest absolute Gasteiger partial charge is 0.496 e. The Morgan fingerprint density at radius 1 is 1.22 bits per heavy atom. The second kappa shape index (κ2) is 4.99. The third-order valence-corrected chi connectivity index (χ3v) is 5.06. The third kappa shape index (κ3) is 1.99. The number of carbonyl (C=O) groups is 1. The standard InChI is InChI=1S/C18H20O5/c1-10-5-4-8-18-16(23-18)15(22-17(18)19)14-11(9-10)12(20-2)6-7-13(14)21-3/h5-7,15-16H,4,8-9H2,1-3H3/b10-5-/t15-,16-,18-/m0/s1. The molecule has 3 atom stereocenters. The molecular weight excluding hydrogens is 296 g/mol. The van der Waals surface area contributed by atoms with Crippen LogP contribution >= 0.6 is 0 Å². The fraction of sp³-hybridized carbons (Fsp3) is 0.500. The molecule has 5 heteroatoms. The van der Waals surface area contributed by atoms with Crippen molar-refractivity contribution in [3.8, 4) is 11.5 Å². The molecule has 0 N–H and O–H groups in total. The predicted octanol–water partition coefficient (Wildman–Crippen LogP) is 2.72. The minimum Gasteiger partial charge on any atom is -0.496 e. The van der Waals surface area contributed by atoms with Crippen LogP contribution in [0.5, 0.6) is 11.5 Å². The van der Waals surface area contributed by atoms with E-state index in [1.165, 1.54) is 5.57 Å². The summed E-state index contributed by atoms with van der Waals surface area (Å²) in [7, 11) is 3.28. The molecule has 5 nitrogen and oxygen atoms in total. The Morgan fingerprint density at radius 3 is 2.65 bits per heavy atom. The Bertz CT molecular complexity index is 708. The van der Waals surface area contributed by atoms with Gasteiger partial charge in [0.2, 0.25) is 0 Å². The Kier molecular flexibility index (Phi) is 3.17. The zero-order valence-electron chi connectivity index (χ0n) is 13.5. The number of hydrogen-bond acceptors (Lipinski definition) is 5. The second-order valence-corrected chi connectivity index (χ2v) is 6.38. The lowest BCUT2D eigenvalue weighted by Crippen LogP contribution is -2.22. The third-order valence-electron chi connectivity index (χ3n) is 5.06. The maximum absolute atomic E-state index is 12.4. The minimum absolute atomic E-state index is 0.221. The molecule has 122 valence electrons. The molecule has 0 unspecified atom stereocenters. The monoisotopic (exact) mass is 316 g/mol. The Labute approximate surface area is 135 Å². The van der Waals surface area contributed by atoms with Crippen LogP contribution in [0.15, 0.2) is 23.8 Å². The van der Waals surface area contributed by atoms with Gasteiger partial charge in [-0.05, 0) is 38.3 Å². The first-order valence-corrected chi connectivity index (χ1v) is 7.89. The van der Waals surface area contributed by atoms with Crippen molar-refractivity contribution >= 4 is 5.97 Å². The Hall–Kier alpha value is -2.01. The van der Waals surface area contributed by atoms with E-state index in [1.807, 2.05) is 12.1 Å². The van der Waals surface area contributed by atoms with Crippen molar-refractivity contribution in [1.82, 2.24) is 0 Å². The molecule has 2 saturated heterocycles. The van der Waals surface area contributed by atoms with Gasteiger partial charge in [-0.3, -0.25) is 0 Å². The molecule has 0 aromatic heterocycles. The first-order valence-electron chi connectivity index (χ1n) is 7.89. The van der Waals surface area contributed by atoms with Crippen LogP contribution in [0.4, 0.5) is 0 Å². The Balaban J connectivity index is 1.92. The van der Waals surface area contributed by atoms with Crippen LogP contribution in [-0.2, 0) is 20.7 Å². The van der Waals surface area contributed by atoms with Crippen LogP contribution in [0.25, 0.3) is 0 Å². The number of allylic oxidation sites excluding steroid dienone is 2. The summed E-state index contributed by atoms with van der Waals surface area (Å²) in [4.78, 5) is 12.4. The number of benzene rings is 1. The molecule has 23 heavy (non-hydrogen) atoms. The molecule has 1 aliphatic carbocycles. The van der Waals surface area contributed by atoms with Gasteiger partial charge < -0.3 is 18.9 Å². The van der Waals surface area contributed by atoms with Crippen LogP contribution < -0.4 is 9.47 Å². The highest BCUT2D eigenvalue weighted by molar-refractivity contribution is 5.87. The van der Waals surface area contributed by atoms with E-state index in [4.69, 9.17) is 18.9 Å². The van der Waals surface area contributed by atoms with Crippen LogP contribution in [0.1, 0.15) is 37.0 Å². The number of fused-ring (bicyclic) bond motifs is 2. The predicted molar refractivity (Wildman–Crippen MR) is 82.7 cm³/mol. The topological polar surface area (TPSA) is 57.3 Å². The Morgan fingerprint density at radius 2 is 1.96 bits per heavy atom. The van der Waals surface area contributed by atoms with Crippen LogP contribution in [0.3, 0.4) is 0 Å². The SMILES string of the molecule is COc1ccc(OC)c2c1C/C(C)=C\CC[C@]13O[C@H]1[C@H]2OC3=O. The van der Waals surface area contributed by atoms with Crippen LogP contribution in [-0.4, -0.2) is 31.9 Å². The molecule has 0 radical (unpaired) electrons. The van der Waals surface area contributed by atoms with E-state index >= 15 is 0 Å². The van der Waals surface area contributed by atoms with Crippen molar-refractivity contribution in [2.45, 2.75) is 44.0 Å². The molecule has 3 aliphatic rings. The van der Waals surface area contributed by atoms with Crippen molar-refractivity contribution in [3.05, 3.63) is 34.9 Å². The highest BCUT2D eigenvalue weighted by atomic mass is 16.7. The molecule has 0 spiro atoms. The fourth-order valence-electron chi connectivity index (χ4n) is 3.82. The smallest absolute Gasteiger partial charge is 0.342 e. The molecule has 2 heterocycles. The van der Waals surface area contributed by atoms with E-state index in [1.54, 1.807) is 14.2 Å². The number of epoxide rings is 1. The zero-order valence-corrected chi connectivity index (χ0v) is 13.5. The molecule has 0 amide bonds. The summed E-state index contributed by atoms with van der Waals surface area (Å²) in [5.41, 5.74) is 2.36. The average molecular weight is 316 g/mol. The van der Waals surface area contributed by atoms with Gasteiger partial charge in [-0.2, -0.15) is 0 Å². The van der Waals surface area contributed by atoms with Crippen molar-refractivity contribution in [3.63, 3.8) is 0 Å². The number of rotatable bonds is 2. The quantitative estimate of drug-likeness (QED) is 0.477. The van der Waals surface area contributed by atoms with E-state index < -0.39 is 11.7 Å². The highest BCUT2D eigenvalue weighted by Crippen LogP contribution is 2.58. The fourth-order valence-corrected chi connectivity index (χ4v) is 3.82. The highest BCUT2D eigenvalue weighted by Gasteiger charge is 2.73. The molecule has 1 aromatic rings. The van der Waals surface area contributed by atoms with E-state index in [0.717, 1.165) is 29.7 Å². The van der Waals surface area contributed by atoms with Gasteiger partial charge in [-0.15, -0.1) is 0 Å². The average Bonchev–Trinajstić information content (AvgIpc) is 3.21. The second-order valence-electron chi connectivity index (χ2n) is 6.38. The van der Waals surface area contributed by atoms with Gasteiger partial charge in [0.15, 0.2) is 11.7 Å². The lowest BCUT2D eigenvalue weighted by Gasteiger charge is -2.22. The first kappa shape index (κ1) is 14.6. The van der Waals surface area contributed by atoms with Crippen LogP contribution in [0.2, 0.25) is 0 Å². The molecule has 2 aliphatic heterocycles. The van der Waals surface area contributed by atoms with Gasteiger partial charge in [-0.25, -0.2) is 4.79 Å². The van der Waals surface area contributed by atoms with Gasteiger partial charge in [-0.1, -0.05) is 11.6 Å². The number of carbonyl (C=O) groups excluding carboxylic acids is 1. The summed E-state index contributed by atoms with van der Waals surface area (Å²) in [6, 6.07) is 3.76.